The minimum atomic E-state index is -0.527. The number of carbonyl (C=O) groups is 2. The maximum Gasteiger partial charge on any atom is 0.246 e. The lowest BCUT2D eigenvalue weighted by Crippen LogP contribution is -2.54. The normalized spacial score (nSPS) is 26.3. The molecule has 1 saturated heterocycles. The van der Waals surface area contributed by atoms with Crippen LogP contribution in [-0.4, -0.2) is 34.0 Å². The van der Waals surface area contributed by atoms with E-state index in [1.165, 1.54) is 35.1 Å². The predicted molar refractivity (Wildman–Crippen MR) is 135 cm³/mol. The second-order valence-corrected chi connectivity index (χ2v) is 10.6. The van der Waals surface area contributed by atoms with Crippen LogP contribution in [-0.2, 0) is 16.0 Å². The Kier molecular flexibility index (Phi) is 6.51. The van der Waals surface area contributed by atoms with E-state index in [0.717, 1.165) is 32.1 Å². The summed E-state index contributed by atoms with van der Waals surface area (Å²) in [6, 6.07) is 16.7. The molecule has 174 valence electrons. The Morgan fingerprint density at radius 1 is 1.00 bits per heavy atom. The van der Waals surface area contributed by atoms with Crippen LogP contribution in [0.25, 0.3) is 11.1 Å². The molecule has 4 nitrogen and oxygen atoms in total. The summed E-state index contributed by atoms with van der Waals surface area (Å²) in [7, 11) is 0. The molecule has 4 atom stereocenters. The molecule has 1 aliphatic carbocycles. The van der Waals surface area contributed by atoms with Gasteiger partial charge in [0.1, 0.15) is 6.04 Å². The smallest absolute Gasteiger partial charge is 0.246 e. The first-order valence-corrected chi connectivity index (χ1v) is 13.0. The van der Waals surface area contributed by atoms with Crippen LogP contribution in [0.2, 0.25) is 0 Å². The molecular weight excluding hydrogens is 428 g/mol. The van der Waals surface area contributed by atoms with Gasteiger partial charge in [-0.25, -0.2) is 0 Å². The number of amides is 2. The topological polar surface area (TPSA) is 49.4 Å². The fourth-order valence-electron chi connectivity index (χ4n) is 6.11. The molecule has 2 aromatic carbocycles. The van der Waals surface area contributed by atoms with Crippen LogP contribution < -0.4 is 5.32 Å². The lowest BCUT2D eigenvalue weighted by Gasteiger charge is -2.41. The second kappa shape index (κ2) is 9.54. The van der Waals surface area contributed by atoms with E-state index < -0.39 is 6.04 Å². The Balaban J connectivity index is 1.47. The Morgan fingerprint density at radius 3 is 2.52 bits per heavy atom. The van der Waals surface area contributed by atoms with Crippen molar-refractivity contribution in [3.63, 3.8) is 0 Å². The van der Waals surface area contributed by atoms with Gasteiger partial charge in [0.05, 0.1) is 11.3 Å². The quantitative estimate of drug-likeness (QED) is 0.604. The van der Waals surface area contributed by atoms with Crippen molar-refractivity contribution in [2.24, 2.45) is 5.92 Å². The Labute approximate surface area is 202 Å². The van der Waals surface area contributed by atoms with Crippen molar-refractivity contribution in [1.82, 2.24) is 10.2 Å². The third kappa shape index (κ3) is 4.44. The number of hydrogen-bond donors (Lipinski definition) is 2. The van der Waals surface area contributed by atoms with Gasteiger partial charge < -0.3 is 10.2 Å². The van der Waals surface area contributed by atoms with Gasteiger partial charge in [-0.3, -0.25) is 9.59 Å². The predicted octanol–water partition coefficient (Wildman–Crippen LogP) is 5.33. The number of benzene rings is 2. The summed E-state index contributed by atoms with van der Waals surface area (Å²) in [5.41, 5.74) is 4.78. The summed E-state index contributed by atoms with van der Waals surface area (Å²) in [6.45, 7) is 2.15. The molecule has 2 aliphatic heterocycles. The van der Waals surface area contributed by atoms with Gasteiger partial charge in [-0.1, -0.05) is 55.3 Å². The van der Waals surface area contributed by atoms with Crippen molar-refractivity contribution < 1.29 is 9.59 Å². The molecule has 33 heavy (non-hydrogen) atoms. The summed E-state index contributed by atoms with van der Waals surface area (Å²) < 4.78 is 0. The summed E-state index contributed by atoms with van der Waals surface area (Å²) in [4.78, 5) is 28.9. The highest BCUT2D eigenvalue weighted by atomic mass is 32.1. The molecule has 0 spiro atoms. The highest BCUT2D eigenvalue weighted by Gasteiger charge is 2.41. The van der Waals surface area contributed by atoms with E-state index in [-0.39, 0.29) is 29.1 Å². The molecule has 1 unspecified atom stereocenters. The van der Waals surface area contributed by atoms with Crippen LogP contribution in [0.3, 0.4) is 0 Å². The zero-order chi connectivity index (χ0) is 22.9. The summed E-state index contributed by atoms with van der Waals surface area (Å²) >= 11 is 4.66. The van der Waals surface area contributed by atoms with Gasteiger partial charge in [-0.15, -0.1) is 0 Å². The number of fused-ring (bicyclic) bond motifs is 3. The zero-order valence-electron chi connectivity index (χ0n) is 19.4. The molecule has 2 aromatic rings. The Hall–Kier alpha value is -2.27. The first kappa shape index (κ1) is 22.5. The van der Waals surface area contributed by atoms with Crippen molar-refractivity contribution in [3.05, 3.63) is 59.7 Å². The maximum atomic E-state index is 13.8. The first-order valence-electron chi connectivity index (χ1n) is 12.5. The lowest BCUT2D eigenvalue weighted by molar-refractivity contribution is -0.142. The van der Waals surface area contributed by atoms with Gasteiger partial charge in [0.2, 0.25) is 11.8 Å². The fourth-order valence-corrected chi connectivity index (χ4v) is 6.49. The number of thiol groups is 1. The van der Waals surface area contributed by atoms with Crippen LogP contribution >= 0.6 is 12.6 Å². The van der Waals surface area contributed by atoms with E-state index in [1.54, 1.807) is 0 Å². The van der Waals surface area contributed by atoms with Gasteiger partial charge in [0.25, 0.3) is 0 Å². The van der Waals surface area contributed by atoms with Gasteiger partial charge in [0, 0.05) is 12.5 Å². The number of rotatable bonds is 4. The standard InChI is InChI=1S/C28H34N2O2S/c1-18-8-7-13-25-23-16-21(19-9-3-2-4-10-19)14-15-22(23)17-24(28(32)30(18)25)29-27(31)26(33)20-11-5-6-12-20/h2-4,9-10,14-16,18,20,24-26,33H,5-8,11-13,17H2,1H3,(H,29,31)/t18-,24+,25-,26?/m1/s1. The van der Waals surface area contributed by atoms with Crippen molar-refractivity contribution >= 4 is 24.4 Å². The van der Waals surface area contributed by atoms with Gasteiger partial charge in [0.15, 0.2) is 0 Å². The van der Waals surface area contributed by atoms with Crippen molar-refractivity contribution in [3.8, 4) is 11.1 Å². The van der Waals surface area contributed by atoms with Gasteiger partial charge in [-0.05, 0) is 73.3 Å². The molecule has 2 heterocycles. The van der Waals surface area contributed by atoms with Crippen LogP contribution in [0.5, 0.6) is 0 Å². The lowest BCUT2D eigenvalue weighted by atomic mass is 9.88. The van der Waals surface area contributed by atoms with Crippen molar-refractivity contribution in [2.45, 2.75) is 81.7 Å². The average molecular weight is 463 g/mol. The van der Waals surface area contributed by atoms with Gasteiger partial charge >= 0.3 is 0 Å². The SMILES string of the molecule is C[C@@H]1CCC[C@@H]2c3cc(-c4ccccc4)ccc3C[C@H](NC(=O)C(S)C3CCCC3)C(=O)N12. The Bertz CT molecular complexity index is 1020. The number of hydrogen-bond acceptors (Lipinski definition) is 3. The minimum Gasteiger partial charge on any atom is -0.343 e. The second-order valence-electron chi connectivity index (χ2n) is 10.1. The van der Waals surface area contributed by atoms with E-state index in [1.807, 2.05) is 6.07 Å². The van der Waals surface area contributed by atoms with E-state index in [4.69, 9.17) is 0 Å². The largest absolute Gasteiger partial charge is 0.343 e. The van der Waals surface area contributed by atoms with E-state index in [9.17, 15) is 9.59 Å². The molecule has 0 bridgehead atoms. The number of piperidine rings is 1. The molecule has 2 fully saturated rings. The van der Waals surface area contributed by atoms with Crippen LogP contribution in [0, 0.1) is 5.92 Å². The van der Waals surface area contributed by atoms with Crippen molar-refractivity contribution in [2.75, 3.05) is 0 Å². The Morgan fingerprint density at radius 2 is 1.76 bits per heavy atom. The zero-order valence-corrected chi connectivity index (χ0v) is 20.3. The average Bonchev–Trinajstić information content (AvgIpc) is 3.34. The maximum absolute atomic E-state index is 13.8. The molecule has 1 saturated carbocycles. The molecule has 5 rings (SSSR count). The first-order chi connectivity index (χ1) is 16.0. The fraction of sp³-hybridized carbons (Fsp3) is 0.500. The highest BCUT2D eigenvalue weighted by Crippen LogP contribution is 2.40. The third-order valence-corrected chi connectivity index (χ3v) is 8.59. The van der Waals surface area contributed by atoms with Crippen LogP contribution in [0.4, 0.5) is 0 Å². The molecule has 1 N–H and O–H groups in total. The van der Waals surface area contributed by atoms with Crippen molar-refractivity contribution in [1.29, 1.82) is 0 Å². The minimum absolute atomic E-state index is 0.0602. The third-order valence-electron chi connectivity index (χ3n) is 7.93. The van der Waals surface area contributed by atoms with E-state index in [0.29, 0.717) is 12.3 Å². The van der Waals surface area contributed by atoms with Crippen LogP contribution in [0.15, 0.2) is 48.5 Å². The number of nitrogens with one attached hydrogen (secondary N) is 1. The molecule has 5 heteroatoms. The molecular formula is C28H34N2O2S. The molecule has 2 amide bonds. The summed E-state index contributed by atoms with van der Waals surface area (Å²) in [5, 5.41) is 2.78. The summed E-state index contributed by atoms with van der Waals surface area (Å²) in [6.07, 6.45) is 8.07. The monoisotopic (exact) mass is 462 g/mol. The number of carbonyl (C=O) groups excluding carboxylic acids is 2. The molecule has 0 radical (unpaired) electrons. The number of nitrogens with zero attached hydrogens (tertiary/aromatic N) is 1. The molecule has 3 aliphatic rings. The van der Waals surface area contributed by atoms with Gasteiger partial charge in [-0.2, -0.15) is 12.6 Å². The highest BCUT2D eigenvalue weighted by molar-refractivity contribution is 7.81. The summed E-state index contributed by atoms with van der Waals surface area (Å²) in [5.74, 6) is 0.288. The van der Waals surface area contributed by atoms with Crippen LogP contribution in [0.1, 0.15) is 69.0 Å². The van der Waals surface area contributed by atoms with E-state index >= 15 is 0 Å². The van der Waals surface area contributed by atoms with E-state index in [2.05, 4.69) is 72.2 Å². The molecule has 0 aromatic heterocycles.